The van der Waals surface area contributed by atoms with Gasteiger partial charge in [-0.1, -0.05) is 42.5 Å². The highest BCUT2D eigenvalue weighted by Crippen LogP contribution is 2.23. The van der Waals surface area contributed by atoms with Gasteiger partial charge in [-0.05, 0) is 36.4 Å². The van der Waals surface area contributed by atoms with Crippen molar-refractivity contribution in [3.8, 4) is 0 Å². The number of hydrogen-bond donors (Lipinski definition) is 2. The molecule has 0 spiro atoms. The van der Waals surface area contributed by atoms with Crippen molar-refractivity contribution in [2.45, 2.75) is 4.90 Å². The van der Waals surface area contributed by atoms with E-state index in [0.717, 1.165) is 18.2 Å². The molecule has 2 N–H and O–H groups in total. The van der Waals surface area contributed by atoms with E-state index in [1.54, 1.807) is 36.4 Å². The van der Waals surface area contributed by atoms with E-state index in [9.17, 15) is 22.0 Å². The van der Waals surface area contributed by atoms with Gasteiger partial charge in [-0.15, -0.1) is 0 Å². The molecule has 0 atom stereocenters. The topological polar surface area (TPSA) is 75.3 Å². The number of sulfonamides is 1. The average molecular weight is 414 g/mol. The summed E-state index contributed by atoms with van der Waals surface area (Å²) in [5.41, 5.74) is 0.312. The van der Waals surface area contributed by atoms with Crippen LogP contribution in [0, 0.1) is 11.6 Å². The standard InChI is InChI=1S/C21H16F2N2O3S/c22-17-10-6-7-15(21(17)23)13-14-20(26)24-18-11-4-5-12-19(18)29(27,28)25-16-8-2-1-3-9-16/h1-14,25H,(H,24,26). The van der Waals surface area contributed by atoms with Crippen LogP contribution in [0.3, 0.4) is 0 Å². The summed E-state index contributed by atoms with van der Waals surface area (Å²) in [6.07, 6.45) is 2.10. The number of carbonyl (C=O) groups is 1. The second-order valence-electron chi connectivity index (χ2n) is 5.93. The number of halogens is 2. The largest absolute Gasteiger partial charge is 0.321 e. The Hall–Kier alpha value is -3.52. The van der Waals surface area contributed by atoms with Gasteiger partial charge in [0.2, 0.25) is 5.91 Å². The van der Waals surface area contributed by atoms with E-state index in [1.165, 1.54) is 30.3 Å². The SMILES string of the molecule is O=C(C=Cc1cccc(F)c1F)Nc1ccccc1S(=O)(=O)Nc1ccccc1. The van der Waals surface area contributed by atoms with Gasteiger partial charge in [-0.2, -0.15) is 0 Å². The van der Waals surface area contributed by atoms with E-state index in [1.807, 2.05) is 0 Å². The Morgan fingerprint density at radius 1 is 0.862 bits per heavy atom. The first-order valence-corrected chi connectivity index (χ1v) is 9.95. The first-order valence-electron chi connectivity index (χ1n) is 8.47. The summed E-state index contributed by atoms with van der Waals surface area (Å²) in [6.45, 7) is 0. The highest BCUT2D eigenvalue weighted by molar-refractivity contribution is 7.92. The number of amides is 1. The molecular weight excluding hydrogens is 398 g/mol. The molecule has 148 valence electrons. The summed E-state index contributed by atoms with van der Waals surface area (Å²) in [6, 6.07) is 17.7. The van der Waals surface area contributed by atoms with E-state index < -0.39 is 27.6 Å². The van der Waals surface area contributed by atoms with Crippen LogP contribution in [0.1, 0.15) is 5.56 Å². The number of rotatable bonds is 6. The molecule has 0 heterocycles. The Labute approximate surface area is 166 Å². The fourth-order valence-corrected chi connectivity index (χ4v) is 3.73. The Morgan fingerprint density at radius 2 is 1.55 bits per heavy atom. The van der Waals surface area contributed by atoms with E-state index in [4.69, 9.17) is 0 Å². The fourth-order valence-electron chi connectivity index (χ4n) is 2.51. The summed E-state index contributed by atoms with van der Waals surface area (Å²) in [5, 5.41) is 2.45. The zero-order chi connectivity index (χ0) is 20.9. The third-order valence-corrected chi connectivity index (χ3v) is 5.30. The van der Waals surface area contributed by atoms with E-state index in [-0.39, 0.29) is 16.1 Å². The number of para-hydroxylation sites is 2. The van der Waals surface area contributed by atoms with Crippen LogP contribution in [-0.4, -0.2) is 14.3 Å². The molecule has 0 fully saturated rings. The predicted octanol–water partition coefficient (Wildman–Crippen LogP) is 4.42. The molecule has 5 nitrogen and oxygen atoms in total. The minimum absolute atomic E-state index is 0.0466. The highest BCUT2D eigenvalue weighted by Gasteiger charge is 2.19. The molecule has 1 amide bonds. The van der Waals surface area contributed by atoms with Crippen LogP contribution in [0.4, 0.5) is 20.2 Å². The molecule has 29 heavy (non-hydrogen) atoms. The first-order chi connectivity index (χ1) is 13.9. The van der Waals surface area contributed by atoms with Gasteiger partial charge < -0.3 is 5.32 Å². The summed E-state index contributed by atoms with van der Waals surface area (Å²) >= 11 is 0. The van der Waals surface area contributed by atoms with Crippen molar-refractivity contribution in [1.29, 1.82) is 0 Å². The normalized spacial score (nSPS) is 11.4. The first kappa shape index (κ1) is 20.2. The van der Waals surface area contributed by atoms with Crippen LogP contribution in [0.25, 0.3) is 6.08 Å². The van der Waals surface area contributed by atoms with Gasteiger partial charge in [-0.25, -0.2) is 17.2 Å². The molecule has 0 radical (unpaired) electrons. The van der Waals surface area contributed by atoms with E-state index in [2.05, 4.69) is 10.0 Å². The van der Waals surface area contributed by atoms with Crippen molar-refractivity contribution in [2.75, 3.05) is 10.0 Å². The number of nitrogens with one attached hydrogen (secondary N) is 2. The maximum Gasteiger partial charge on any atom is 0.263 e. The molecule has 0 bridgehead atoms. The number of benzene rings is 3. The molecule has 0 aliphatic rings. The molecule has 3 aromatic rings. The molecule has 3 aromatic carbocycles. The van der Waals surface area contributed by atoms with Crippen LogP contribution in [-0.2, 0) is 14.8 Å². The molecule has 3 rings (SSSR count). The lowest BCUT2D eigenvalue weighted by Gasteiger charge is -2.12. The van der Waals surface area contributed by atoms with E-state index >= 15 is 0 Å². The third kappa shape index (κ3) is 5.05. The van der Waals surface area contributed by atoms with Gasteiger partial charge >= 0.3 is 0 Å². The second kappa shape index (κ2) is 8.66. The lowest BCUT2D eigenvalue weighted by atomic mass is 10.2. The van der Waals surface area contributed by atoms with Crippen LogP contribution >= 0.6 is 0 Å². The minimum Gasteiger partial charge on any atom is -0.321 e. The van der Waals surface area contributed by atoms with Crippen molar-refractivity contribution >= 4 is 33.4 Å². The lowest BCUT2D eigenvalue weighted by molar-refractivity contribution is -0.111. The molecule has 0 aliphatic heterocycles. The maximum atomic E-state index is 13.7. The summed E-state index contributed by atoms with van der Waals surface area (Å²) in [7, 11) is -3.97. The summed E-state index contributed by atoms with van der Waals surface area (Å²) < 4.78 is 54.7. The second-order valence-corrected chi connectivity index (χ2v) is 7.58. The van der Waals surface area contributed by atoms with Crippen molar-refractivity contribution < 1.29 is 22.0 Å². The van der Waals surface area contributed by atoms with Crippen LogP contribution in [0.2, 0.25) is 0 Å². The van der Waals surface area contributed by atoms with Crippen LogP contribution in [0.15, 0.2) is 83.8 Å². The molecule has 0 saturated heterocycles. The molecular formula is C21H16F2N2O3S. The Balaban J connectivity index is 1.81. The Morgan fingerprint density at radius 3 is 2.31 bits per heavy atom. The number of anilines is 2. The minimum atomic E-state index is -3.97. The van der Waals surface area contributed by atoms with E-state index in [0.29, 0.717) is 5.69 Å². The zero-order valence-corrected chi connectivity index (χ0v) is 15.8. The third-order valence-electron chi connectivity index (χ3n) is 3.86. The van der Waals surface area contributed by atoms with Crippen molar-refractivity contribution in [3.63, 3.8) is 0 Å². The zero-order valence-electron chi connectivity index (χ0n) is 15.0. The molecule has 0 aliphatic carbocycles. The van der Waals surface area contributed by atoms with Crippen molar-refractivity contribution in [2.24, 2.45) is 0 Å². The maximum absolute atomic E-state index is 13.7. The van der Waals surface area contributed by atoms with Crippen LogP contribution in [0.5, 0.6) is 0 Å². The summed E-state index contributed by atoms with van der Waals surface area (Å²) in [5.74, 6) is -2.81. The van der Waals surface area contributed by atoms with Gasteiger partial charge in [0.05, 0.1) is 5.69 Å². The lowest BCUT2D eigenvalue weighted by Crippen LogP contribution is -2.17. The Bertz CT molecular complexity index is 1160. The molecule has 0 aromatic heterocycles. The van der Waals surface area contributed by atoms with Crippen molar-refractivity contribution in [3.05, 3.63) is 96.1 Å². The van der Waals surface area contributed by atoms with Gasteiger partial charge in [0, 0.05) is 17.3 Å². The van der Waals surface area contributed by atoms with Gasteiger partial charge in [-0.3, -0.25) is 9.52 Å². The highest BCUT2D eigenvalue weighted by atomic mass is 32.2. The predicted molar refractivity (Wildman–Crippen MR) is 108 cm³/mol. The molecule has 0 unspecified atom stereocenters. The smallest absolute Gasteiger partial charge is 0.263 e. The average Bonchev–Trinajstić information content (AvgIpc) is 2.70. The number of hydrogen-bond acceptors (Lipinski definition) is 3. The summed E-state index contributed by atoms with van der Waals surface area (Å²) in [4.78, 5) is 12.1. The Kier molecular flexibility index (Phi) is 6.04. The van der Waals surface area contributed by atoms with Crippen molar-refractivity contribution in [1.82, 2.24) is 0 Å². The fraction of sp³-hybridized carbons (Fsp3) is 0. The quantitative estimate of drug-likeness (QED) is 0.587. The monoisotopic (exact) mass is 414 g/mol. The van der Waals surface area contributed by atoms with Crippen LogP contribution < -0.4 is 10.0 Å². The molecule has 8 heteroatoms. The van der Waals surface area contributed by atoms with Gasteiger partial charge in [0.25, 0.3) is 10.0 Å². The van der Waals surface area contributed by atoms with Gasteiger partial charge in [0.1, 0.15) is 4.90 Å². The molecule has 0 saturated carbocycles. The van der Waals surface area contributed by atoms with Gasteiger partial charge in [0.15, 0.2) is 11.6 Å². The number of carbonyl (C=O) groups excluding carboxylic acids is 1.